The number of phenols is 2. The lowest BCUT2D eigenvalue weighted by Crippen LogP contribution is -2.16. The van der Waals surface area contributed by atoms with Gasteiger partial charge in [0.2, 0.25) is 5.78 Å². The normalized spacial score (nSPS) is 15.8. The first-order chi connectivity index (χ1) is 12.3. The van der Waals surface area contributed by atoms with Gasteiger partial charge < -0.3 is 15.3 Å². The van der Waals surface area contributed by atoms with Crippen molar-refractivity contribution in [3.8, 4) is 11.5 Å². The third-order valence-corrected chi connectivity index (χ3v) is 4.40. The number of carbonyl (C=O) groups excluding carboxylic acids is 1. The molecule has 0 bridgehead atoms. The van der Waals surface area contributed by atoms with Gasteiger partial charge in [-0.15, -0.1) is 0 Å². The topological polar surface area (TPSA) is 90.1 Å². The van der Waals surface area contributed by atoms with Crippen LogP contribution in [0.2, 0.25) is 10.0 Å². The van der Waals surface area contributed by atoms with Crippen LogP contribution in [0, 0.1) is 0 Å². The fourth-order valence-corrected chi connectivity index (χ4v) is 2.89. The number of hydrogen-bond donors (Lipinski definition) is 3. The predicted molar refractivity (Wildman–Crippen MR) is 101 cm³/mol. The quantitative estimate of drug-likeness (QED) is 0.665. The van der Waals surface area contributed by atoms with E-state index in [-0.39, 0.29) is 34.4 Å². The van der Waals surface area contributed by atoms with E-state index < -0.39 is 5.78 Å². The van der Waals surface area contributed by atoms with E-state index in [2.05, 4.69) is 4.99 Å². The Labute approximate surface area is 159 Å². The molecule has 3 N–H and O–H groups in total. The van der Waals surface area contributed by atoms with Gasteiger partial charge in [-0.25, -0.2) is 4.99 Å². The number of phenolic OH excluding ortho intramolecular Hbond substituents is 2. The van der Waals surface area contributed by atoms with Gasteiger partial charge in [-0.2, -0.15) is 0 Å². The maximum Gasteiger partial charge on any atom is 0.207 e. The van der Waals surface area contributed by atoms with E-state index in [1.807, 2.05) is 0 Å². The van der Waals surface area contributed by atoms with Gasteiger partial charge in [-0.05, 0) is 35.9 Å². The molecule has 0 fully saturated rings. The molecule has 2 aromatic rings. The van der Waals surface area contributed by atoms with Crippen molar-refractivity contribution in [2.45, 2.75) is 6.42 Å². The molecule has 26 heavy (non-hydrogen) atoms. The lowest BCUT2D eigenvalue weighted by Gasteiger charge is -2.13. The van der Waals surface area contributed by atoms with Crippen LogP contribution in [-0.4, -0.2) is 26.8 Å². The number of hydrogen-bond acceptors (Lipinski definition) is 5. The summed E-state index contributed by atoms with van der Waals surface area (Å²) in [6.07, 6.45) is 2.79. The van der Waals surface area contributed by atoms with Gasteiger partial charge in [-0.3, -0.25) is 4.79 Å². The Bertz CT molecular complexity index is 993. The second-order valence-corrected chi connectivity index (χ2v) is 6.46. The molecule has 0 radical (unpaired) electrons. The van der Waals surface area contributed by atoms with E-state index in [1.54, 1.807) is 6.07 Å². The summed E-state index contributed by atoms with van der Waals surface area (Å²) in [5.74, 6) is -0.609. The van der Waals surface area contributed by atoms with E-state index in [0.29, 0.717) is 21.8 Å². The minimum absolute atomic E-state index is 0.00957. The van der Waals surface area contributed by atoms with Crippen LogP contribution in [0.5, 0.6) is 11.5 Å². The summed E-state index contributed by atoms with van der Waals surface area (Å²) in [5, 5.41) is 29.4. The molecule has 0 aliphatic heterocycles. The Morgan fingerprint density at radius 1 is 0.885 bits per heavy atom. The third kappa shape index (κ3) is 3.90. The van der Waals surface area contributed by atoms with Crippen molar-refractivity contribution in [1.82, 2.24) is 0 Å². The van der Waals surface area contributed by atoms with Crippen LogP contribution in [0.25, 0.3) is 0 Å². The molecule has 3 rings (SSSR count). The Hall–Kier alpha value is -2.76. The monoisotopic (exact) mass is 389 g/mol. The molecule has 0 amide bonds. The zero-order valence-corrected chi connectivity index (χ0v) is 14.8. The second kappa shape index (κ2) is 7.23. The number of aliphatic imine (C=N–C) groups is 1. The van der Waals surface area contributed by atoms with Crippen molar-refractivity contribution in [2.75, 3.05) is 0 Å². The molecule has 0 spiro atoms. The van der Waals surface area contributed by atoms with Crippen LogP contribution in [0.15, 0.2) is 64.9 Å². The smallest absolute Gasteiger partial charge is 0.207 e. The molecule has 5 nitrogen and oxygen atoms in total. The molecule has 132 valence electrons. The molecular weight excluding hydrogens is 377 g/mol. The Balaban J connectivity index is 1.97. The zero-order chi connectivity index (χ0) is 18.8. The highest BCUT2D eigenvalue weighted by Crippen LogP contribution is 2.30. The highest BCUT2D eigenvalue weighted by molar-refractivity contribution is 6.49. The van der Waals surface area contributed by atoms with Crippen LogP contribution < -0.4 is 0 Å². The van der Waals surface area contributed by atoms with Gasteiger partial charge in [0.1, 0.15) is 23.0 Å². The number of carbonyl (C=O) groups is 1. The summed E-state index contributed by atoms with van der Waals surface area (Å²) in [6.45, 7) is 0. The van der Waals surface area contributed by atoms with Crippen molar-refractivity contribution in [3.63, 3.8) is 0 Å². The number of aliphatic hydroxyl groups is 1. The zero-order valence-electron chi connectivity index (χ0n) is 13.3. The molecular formula is C19H13Cl2NO4. The van der Waals surface area contributed by atoms with Crippen molar-refractivity contribution in [1.29, 1.82) is 0 Å². The van der Waals surface area contributed by atoms with E-state index >= 15 is 0 Å². The third-order valence-electron chi connectivity index (χ3n) is 3.75. The molecule has 0 saturated heterocycles. The predicted octanol–water partition coefficient (Wildman–Crippen LogP) is 4.67. The number of allylic oxidation sites excluding steroid dienone is 3. The fourth-order valence-electron chi connectivity index (χ4n) is 2.43. The minimum atomic E-state index is -0.466. The van der Waals surface area contributed by atoms with Crippen molar-refractivity contribution in [3.05, 3.63) is 75.5 Å². The van der Waals surface area contributed by atoms with Crippen molar-refractivity contribution in [2.24, 2.45) is 4.99 Å². The summed E-state index contributed by atoms with van der Waals surface area (Å²) < 4.78 is 0. The van der Waals surface area contributed by atoms with Crippen LogP contribution in [-0.2, 0) is 11.2 Å². The number of benzene rings is 2. The maximum absolute atomic E-state index is 12.1. The van der Waals surface area contributed by atoms with Crippen molar-refractivity contribution < 1.29 is 20.1 Å². The van der Waals surface area contributed by atoms with Gasteiger partial charge in [0, 0.05) is 29.2 Å². The number of rotatable bonds is 3. The van der Waals surface area contributed by atoms with Gasteiger partial charge in [-0.1, -0.05) is 29.3 Å². The molecule has 2 aromatic carbocycles. The molecule has 1 aliphatic carbocycles. The number of aromatic hydroxyl groups is 2. The second-order valence-electron chi connectivity index (χ2n) is 5.65. The Kier molecular flexibility index (Phi) is 5.02. The molecule has 0 heterocycles. The highest BCUT2D eigenvalue weighted by Gasteiger charge is 2.20. The Morgan fingerprint density at radius 3 is 2.19 bits per heavy atom. The summed E-state index contributed by atoms with van der Waals surface area (Å²) in [4.78, 5) is 16.4. The lowest BCUT2D eigenvalue weighted by atomic mass is 9.96. The summed E-state index contributed by atoms with van der Waals surface area (Å²) >= 11 is 12.1. The first kappa shape index (κ1) is 18.0. The molecule has 0 unspecified atom stereocenters. The fraction of sp³-hybridized carbons (Fsp3) is 0.0526. The highest BCUT2D eigenvalue weighted by atomic mass is 35.5. The molecule has 0 saturated carbocycles. The number of nitrogens with zero attached hydrogens (tertiary/aromatic N) is 1. The number of halogens is 2. The van der Waals surface area contributed by atoms with Gasteiger partial charge in [0.15, 0.2) is 0 Å². The molecule has 0 atom stereocenters. The Morgan fingerprint density at radius 2 is 1.54 bits per heavy atom. The number of aliphatic hydroxyl groups excluding tert-OH is 1. The first-order valence-corrected chi connectivity index (χ1v) is 8.29. The van der Waals surface area contributed by atoms with E-state index in [4.69, 9.17) is 23.2 Å². The van der Waals surface area contributed by atoms with Gasteiger partial charge in [0.05, 0.1) is 10.7 Å². The maximum atomic E-state index is 12.1. The van der Waals surface area contributed by atoms with Crippen molar-refractivity contribution >= 4 is 40.4 Å². The van der Waals surface area contributed by atoms with Crippen LogP contribution in [0.1, 0.15) is 5.56 Å². The molecule has 0 aromatic heterocycles. The SMILES string of the molecule is O=C1C=C(O)C(Cc2ccc(O)cc2Cl)=CC1=Nc1ccc(O)cc1Cl. The van der Waals surface area contributed by atoms with Crippen LogP contribution in [0.4, 0.5) is 5.69 Å². The lowest BCUT2D eigenvalue weighted by molar-refractivity contribution is -0.109. The largest absolute Gasteiger partial charge is 0.508 e. The summed E-state index contributed by atoms with van der Waals surface area (Å²) in [6, 6.07) is 8.74. The molecule has 1 aliphatic rings. The van der Waals surface area contributed by atoms with Gasteiger partial charge >= 0.3 is 0 Å². The van der Waals surface area contributed by atoms with E-state index in [9.17, 15) is 20.1 Å². The van der Waals surface area contributed by atoms with E-state index in [0.717, 1.165) is 6.08 Å². The standard InChI is InChI=1S/C19H13Cl2NO4/c20-14-7-12(23)2-1-10(14)5-11-6-17(19(26)9-18(11)25)22-16-4-3-13(24)8-15(16)21/h1-4,6-9,23-25H,5H2. The van der Waals surface area contributed by atoms with Crippen LogP contribution in [0.3, 0.4) is 0 Å². The average molecular weight is 390 g/mol. The summed E-state index contributed by atoms with van der Waals surface area (Å²) in [7, 11) is 0. The summed E-state index contributed by atoms with van der Waals surface area (Å²) in [5.41, 5.74) is 1.54. The van der Waals surface area contributed by atoms with Gasteiger partial charge in [0.25, 0.3) is 0 Å². The minimum Gasteiger partial charge on any atom is -0.508 e. The average Bonchev–Trinajstić information content (AvgIpc) is 2.56. The van der Waals surface area contributed by atoms with E-state index in [1.165, 1.54) is 36.4 Å². The van der Waals surface area contributed by atoms with Crippen LogP contribution >= 0.6 is 23.2 Å². The first-order valence-electron chi connectivity index (χ1n) is 7.54. The number of ketones is 1. The molecule has 7 heteroatoms.